The maximum atomic E-state index is 13.5. The van der Waals surface area contributed by atoms with Crippen molar-refractivity contribution in [2.75, 3.05) is 32.1 Å². The number of carbonyl (C=O) groups excluding carboxylic acids is 1. The van der Waals surface area contributed by atoms with Crippen LogP contribution < -0.4 is 9.64 Å². The molecular weight excluding hydrogens is 442 g/mol. The minimum atomic E-state index is -0.0728. The number of aromatic nitrogens is 1. The third-order valence-electron chi connectivity index (χ3n) is 4.81. The number of thiazole rings is 1. The van der Waals surface area contributed by atoms with Crippen molar-refractivity contribution >= 4 is 45.0 Å². The number of nitrogens with zero attached hydrogens (tertiary/aromatic N) is 3. The second kappa shape index (κ2) is 11.1. The van der Waals surface area contributed by atoms with E-state index < -0.39 is 0 Å². The molecule has 0 spiro atoms. The molecule has 7 heteroatoms. The van der Waals surface area contributed by atoms with Crippen LogP contribution in [-0.4, -0.2) is 43.0 Å². The number of ether oxygens (including phenoxy) is 1. The van der Waals surface area contributed by atoms with Gasteiger partial charge in [0.2, 0.25) is 0 Å². The molecule has 0 aliphatic carbocycles. The second-order valence-electron chi connectivity index (χ2n) is 7.52. The molecule has 0 aliphatic heterocycles. The van der Waals surface area contributed by atoms with Crippen molar-refractivity contribution in [1.29, 1.82) is 0 Å². The zero-order valence-corrected chi connectivity index (χ0v) is 19.7. The molecule has 1 heterocycles. The highest BCUT2D eigenvalue weighted by molar-refractivity contribution is 7.22. The van der Waals surface area contributed by atoms with Gasteiger partial charge in [-0.1, -0.05) is 47.7 Å². The van der Waals surface area contributed by atoms with E-state index >= 15 is 0 Å². The van der Waals surface area contributed by atoms with E-state index in [9.17, 15) is 4.79 Å². The van der Waals surface area contributed by atoms with Crippen LogP contribution in [0.5, 0.6) is 11.5 Å². The van der Waals surface area contributed by atoms with Gasteiger partial charge in [-0.3, -0.25) is 9.69 Å². The fraction of sp³-hybridized carbons (Fsp3) is 0.200. The number of para-hydroxylation sites is 2. The van der Waals surface area contributed by atoms with Crippen molar-refractivity contribution in [3.8, 4) is 11.5 Å². The van der Waals surface area contributed by atoms with E-state index in [2.05, 4.69) is 4.90 Å². The fourth-order valence-electron chi connectivity index (χ4n) is 3.28. The normalized spacial score (nSPS) is 10.7. The highest BCUT2D eigenvalue weighted by Gasteiger charge is 2.21. The van der Waals surface area contributed by atoms with Crippen molar-refractivity contribution in [3.05, 3.63) is 84.4 Å². The van der Waals surface area contributed by atoms with Gasteiger partial charge in [0.1, 0.15) is 11.5 Å². The summed E-state index contributed by atoms with van der Waals surface area (Å²) in [6.07, 6.45) is 0.856. The average molecular weight is 468 g/mol. The number of rotatable bonds is 8. The third kappa shape index (κ3) is 5.85. The van der Waals surface area contributed by atoms with E-state index in [4.69, 9.17) is 9.72 Å². The molecule has 0 saturated heterocycles. The maximum Gasteiger partial charge on any atom is 0.260 e. The van der Waals surface area contributed by atoms with E-state index in [0.29, 0.717) is 17.9 Å². The zero-order valence-electron chi connectivity index (χ0n) is 18.1. The number of carbonyl (C=O) groups is 1. The first-order chi connectivity index (χ1) is 15.1. The molecule has 0 radical (unpaired) electrons. The van der Waals surface area contributed by atoms with E-state index in [0.717, 1.165) is 34.1 Å². The summed E-state index contributed by atoms with van der Waals surface area (Å²) in [5, 5.41) is 0.722. The smallest absolute Gasteiger partial charge is 0.260 e. The molecular formula is C25H26ClN3O2S. The first-order valence-corrected chi connectivity index (χ1v) is 11.1. The average Bonchev–Trinajstić information content (AvgIpc) is 3.21. The Morgan fingerprint density at radius 3 is 2.38 bits per heavy atom. The molecule has 1 aromatic heterocycles. The number of hydrogen-bond acceptors (Lipinski definition) is 5. The van der Waals surface area contributed by atoms with Gasteiger partial charge in [-0.05, 0) is 69.5 Å². The third-order valence-corrected chi connectivity index (χ3v) is 5.86. The van der Waals surface area contributed by atoms with Gasteiger partial charge in [-0.2, -0.15) is 0 Å². The molecule has 5 nitrogen and oxygen atoms in total. The van der Waals surface area contributed by atoms with Gasteiger partial charge in [0.15, 0.2) is 5.13 Å². The predicted molar refractivity (Wildman–Crippen MR) is 135 cm³/mol. The molecule has 32 heavy (non-hydrogen) atoms. The summed E-state index contributed by atoms with van der Waals surface area (Å²) in [4.78, 5) is 22.2. The number of benzene rings is 3. The van der Waals surface area contributed by atoms with Gasteiger partial charge in [-0.15, -0.1) is 12.4 Å². The van der Waals surface area contributed by atoms with Gasteiger partial charge in [0.25, 0.3) is 5.91 Å². The monoisotopic (exact) mass is 467 g/mol. The second-order valence-corrected chi connectivity index (χ2v) is 8.53. The summed E-state index contributed by atoms with van der Waals surface area (Å²) >= 11 is 1.54. The highest BCUT2D eigenvalue weighted by atomic mass is 35.5. The van der Waals surface area contributed by atoms with Crippen LogP contribution in [0.25, 0.3) is 10.2 Å². The van der Waals surface area contributed by atoms with E-state index in [-0.39, 0.29) is 18.3 Å². The summed E-state index contributed by atoms with van der Waals surface area (Å²) in [5.41, 5.74) is 1.49. The Morgan fingerprint density at radius 1 is 0.906 bits per heavy atom. The van der Waals surface area contributed by atoms with Crippen LogP contribution in [0, 0.1) is 0 Å². The molecule has 0 bridgehead atoms. The molecule has 4 rings (SSSR count). The number of anilines is 1. The minimum absolute atomic E-state index is 0. The fourth-order valence-corrected chi connectivity index (χ4v) is 4.27. The number of halogens is 1. The van der Waals surface area contributed by atoms with Crippen molar-refractivity contribution in [1.82, 2.24) is 9.88 Å². The minimum Gasteiger partial charge on any atom is -0.457 e. The highest BCUT2D eigenvalue weighted by Crippen LogP contribution is 2.30. The SMILES string of the molecule is CN(C)CCCN(C(=O)c1cccc(Oc2ccccc2)c1)c1nc2ccccc2s1.Cl. The molecule has 1 amide bonds. The van der Waals surface area contributed by atoms with E-state index in [1.54, 1.807) is 22.3 Å². The Balaban J connectivity index is 0.00000289. The van der Waals surface area contributed by atoms with Crippen molar-refractivity contribution in [2.45, 2.75) is 6.42 Å². The maximum absolute atomic E-state index is 13.5. The zero-order chi connectivity index (χ0) is 21.6. The Bertz CT molecular complexity index is 1130. The summed E-state index contributed by atoms with van der Waals surface area (Å²) < 4.78 is 7.00. The first-order valence-electron chi connectivity index (χ1n) is 10.3. The molecule has 0 atom stereocenters. The number of fused-ring (bicyclic) bond motifs is 1. The molecule has 3 aromatic carbocycles. The lowest BCUT2D eigenvalue weighted by Gasteiger charge is -2.21. The Labute approximate surface area is 198 Å². The lowest BCUT2D eigenvalue weighted by molar-refractivity contribution is 0.0985. The van der Waals surface area contributed by atoms with Crippen molar-refractivity contribution in [2.24, 2.45) is 0 Å². The lowest BCUT2D eigenvalue weighted by Crippen LogP contribution is -2.33. The van der Waals surface area contributed by atoms with Gasteiger partial charge >= 0.3 is 0 Å². The van der Waals surface area contributed by atoms with Crippen LogP contribution in [-0.2, 0) is 0 Å². The number of hydrogen-bond donors (Lipinski definition) is 0. The summed E-state index contributed by atoms with van der Waals surface area (Å²) in [6.45, 7) is 1.49. The quantitative estimate of drug-likeness (QED) is 0.313. The standard InChI is InChI=1S/C25H25N3O2S.ClH/c1-27(2)16-9-17-28(25-26-22-14-6-7-15-23(22)31-25)24(29)19-10-8-13-21(18-19)30-20-11-4-3-5-12-20;/h3-8,10-15,18H,9,16-17H2,1-2H3;1H. The Kier molecular flexibility index (Phi) is 8.22. The Morgan fingerprint density at radius 2 is 1.62 bits per heavy atom. The molecule has 0 aliphatic rings. The van der Waals surface area contributed by atoms with E-state index in [1.807, 2.05) is 86.9 Å². The van der Waals surface area contributed by atoms with Crippen LogP contribution in [0.2, 0.25) is 0 Å². The van der Waals surface area contributed by atoms with Gasteiger partial charge in [-0.25, -0.2) is 4.98 Å². The van der Waals surface area contributed by atoms with Crippen molar-refractivity contribution in [3.63, 3.8) is 0 Å². The van der Waals surface area contributed by atoms with Crippen LogP contribution in [0.4, 0.5) is 5.13 Å². The topological polar surface area (TPSA) is 45.7 Å². The number of amides is 1. The lowest BCUT2D eigenvalue weighted by atomic mass is 10.2. The van der Waals surface area contributed by atoms with Gasteiger partial charge in [0, 0.05) is 12.1 Å². The van der Waals surface area contributed by atoms with Crippen LogP contribution in [0.3, 0.4) is 0 Å². The Hall–Kier alpha value is -2.93. The van der Waals surface area contributed by atoms with Crippen LogP contribution >= 0.6 is 23.7 Å². The van der Waals surface area contributed by atoms with Gasteiger partial charge < -0.3 is 9.64 Å². The molecule has 0 fully saturated rings. The molecule has 166 valence electrons. The molecule has 0 saturated carbocycles. The summed E-state index contributed by atoms with van der Waals surface area (Å²) in [6, 6.07) is 24.9. The molecule has 0 unspecified atom stereocenters. The summed E-state index contributed by atoms with van der Waals surface area (Å²) in [7, 11) is 4.07. The van der Waals surface area contributed by atoms with Crippen LogP contribution in [0.15, 0.2) is 78.9 Å². The van der Waals surface area contributed by atoms with Crippen LogP contribution in [0.1, 0.15) is 16.8 Å². The summed E-state index contributed by atoms with van der Waals surface area (Å²) in [5.74, 6) is 1.30. The molecule has 0 N–H and O–H groups in total. The predicted octanol–water partition coefficient (Wildman–Crippen LogP) is 6.11. The molecule has 4 aromatic rings. The largest absolute Gasteiger partial charge is 0.457 e. The van der Waals surface area contributed by atoms with E-state index in [1.165, 1.54) is 0 Å². The van der Waals surface area contributed by atoms with Crippen molar-refractivity contribution < 1.29 is 9.53 Å². The first kappa shape index (κ1) is 23.7. The van der Waals surface area contributed by atoms with Gasteiger partial charge in [0.05, 0.1) is 10.2 Å².